The van der Waals surface area contributed by atoms with Gasteiger partial charge in [-0.05, 0) is 48.9 Å². The fraction of sp³-hybridized carbons (Fsp3) is 0.143. The highest BCUT2D eigenvalue weighted by Crippen LogP contribution is 2.14. The highest BCUT2D eigenvalue weighted by Gasteiger charge is 2.15. The summed E-state index contributed by atoms with van der Waals surface area (Å²) in [5.74, 6) is -0.725. The SMILES string of the molecule is CC(=O)Nc1ccc(CNC(=O)c2nn(-c3ccc(Cl)cc3)c(C)cc2=O)cc1. The number of aryl methyl sites for hydroxylation is 1. The second kappa shape index (κ2) is 8.70. The van der Waals surface area contributed by atoms with Crippen molar-refractivity contribution in [1.82, 2.24) is 15.1 Å². The number of nitrogens with zero attached hydrogens (tertiary/aromatic N) is 2. The Morgan fingerprint density at radius 1 is 1.07 bits per heavy atom. The second-order valence-corrected chi connectivity index (χ2v) is 6.88. The van der Waals surface area contributed by atoms with E-state index in [4.69, 9.17) is 11.6 Å². The minimum absolute atomic E-state index is 0.159. The first-order valence-electron chi connectivity index (χ1n) is 8.85. The predicted octanol–water partition coefficient (Wildman–Crippen LogP) is 3.08. The molecule has 0 aliphatic carbocycles. The smallest absolute Gasteiger partial charge is 0.276 e. The van der Waals surface area contributed by atoms with Crippen molar-refractivity contribution < 1.29 is 9.59 Å². The lowest BCUT2D eigenvalue weighted by molar-refractivity contribution is -0.114. The zero-order valence-electron chi connectivity index (χ0n) is 15.9. The zero-order chi connectivity index (χ0) is 21.0. The van der Waals surface area contributed by atoms with Gasteiger partial charge in [-0.3, -0.25) is 14.4 Å². The summed E-state index contributed by atoms with van der Waals surface area (Å²) in [6.45, 7) is 3.38. The van der Waals surface area contributed by atoms with Crippen LogP contribution in [0, 0.1) is 6.92 Å². The van der Waals surface area contributed by atoms with Gasteiger partial charge >= 0.3 is 0 Å². The van der Waals surface area contributed by atoms with Gasteiger partial charge in [0.15, 0.2) is 5.69 Å². The first-order chi connectivity index (χ1) is 13.8. The van der Waals surface area contributed by atoms with Crippen LogP contribution < -0.4 is 16.1 Å². The number of hydrogen-bond donors (Lipinski definition) is 2. The van der Waals surface area contributed by atoms with E-state index in [-0.39, 0.29) is 18.1 Å². The Balaban J connectivity index is 1.76. The van der Waals surface area contributed by atoms with E-state index in [0.717, 1.165) is 5.56 Å². The normalized spacial score (nSPS) is 10.4. The van der Waals surface area contributed by atoms with Crippen molar-refractivity contribution >= 4 is 29.1 Å². The summed E-state index contributed by atoms with van der Waals surface area (Å²) < 4.78 is 1.52. The van der Waals surface area contributed by atoms with Gasteiger partial charge in [0.05, 0.1) is 5.69 Å². The molecule has 8 heteroatoms. The molecule has 0 spiro atoms. The molecule has 0 aliphatic rings. The maximum atomic E-state index is 12.5. The molecule has 1 aromatic heterocycles. The molecule has 7 nitrogen and oxygen atoms in total. The molecule has 0 unspecified atom stereocenters. The molecule has 0 fully saturated rings. The number of carbonyl (C=O) groups excluding carboxylic acids is 2. The third-order valence-corrected chi connectivity index (χ3v) is 4.37. The Morgan fingerprint density at radius 2 is 1.72 bits per heavy atom. The summed E-state index contributed by atoms with van der Waals surface area (Å²) in [4.78, 5) is 35.9. The average Bonchev–Trinajstić information content (AvgIpc) is 2.68. The summed E-state index contributed by atoms with van der Waals surface area (Å²) >= 11 is 5.92. The van der Waals surface area contributed by atoms with Crippen LogP contribution in [0.4, 0.5) is 5.69 Å². The Bertz CT molecular complexity index is 1110. The summed E-state index contributed by atoms with van der Waals surface area (Å²) in [5, 5.41) is 10.2. The fourth-order valence-corrected chi connectivity index (χ4v) is 2.85. The van der Waals surface area contributed by atoms with Crippen molar-refractivity contribution in [2.45, 2.75) is 20.4 Å². The van der Waals surface area contributed by atoms with Crippen molar-refractivity contribution in [3.05, 3.63) is 86.8 Å². The minimum Gasteiger partial charge on any atom is -0.346 e. The van der Waals surface area contributed by atoms with Crippen LogP contribution in [0.25, 0.3) is 5.69 Å². The van der Waals surface area contributed by atoms with Gasteiger partial charge in [0, 0.05) is 35.9 Å². The third-order valence-electron chi connectivity index (χ3n) is 4.12. The van der Waals surface area contributed by atoms with Gasteiger partial charge in [-0.25, -0.2) is 4.68 Å². The van der Waals surface area contributed by atoms with Crippen molar-refractivity contribution in [2.75, 3.05) is 5.32 Å². The Morgan fingerprint density at radius 3 is 2.34 bits per heavy atom. The van der Waals surface area contributed by atoms with Crippen LogP contribution in [0.5, 0.6) is 0 Å². The quantitative estimate of drug-likeness (QED) is 0.676. The molecule has 0 radical (unpaired) electrons. The van der Waals surface area contributed by atoms with Gasteiger partial charge in [-0.2, -0.15) is 5.10 Å². The van der Waals surface area contributed by atoms with Crippen LogP contribution >= 0.6 is 11.6 Å². The molecule has 0 saturated carbocycles. The lowest BCUT2D eigenvalue weighted by Gasteiger charge is -2.11. The molecule has 0 aliphatic heterocycles. The minimum atomic E-state index is -0.566. The maximum Gasteiger partial charge on any atom is 0.276 e. The van der Waals surface area contributed by atoms with Gasteiger partial charge in [0.2, 0.25) is 11.3 Å². The van der Waals surface area contributed by atoms with E-state index in [0.29, 0.717) is 22.1 Å². The number of carbonyl (C=O) groups is 2. The zero-order valence-corrected chi connectivity index (χ0v) is 16.7. The van der Waals surface area contributed by atoms with E-state index in [1.165, 1.54) is 17.7 Å². The first kappa shape index (κ1) is 20.3. The number of nitrogens with one attached hydrogen (secondary N) is 2. The Kier molecular flexibility index (Phi) is 6.09. The topological polar surface area (TPSA) is 93.1 Å². The van der Waals surface area contributed by atoms with Crippen LogP contribution in [-0.2, 0) is 11.3 Å². The van der Waals surface area contributed by atoms with Gasteiger partial charge in [0.25, 0.3) is 5.91 Å². The number of benzene rings is 2. The van der Waals surface area contributed by atoms with Crippen molar-refractivity contribution in [2.24, 2.45) is 0 Å². The monoisotopic (exact) mass is 410 g/mol. The van der Waals surface area contributed by atoms with Crippen LogP contribution in [0.15, 0.2) is 59.4 Å². The van der Waals surface area contributed by atoms with Crippen LogP contribution in [0.1, 0.15) is 28.7 Å². The third kappa shape index (κ3) is 5.08. The molecule has 0 bridgehead atoms. The fourth-order valence-electron chi connectivity index (χ4n) is 2.72. The lowest BCUT2D eigenvalue weighted by atomic mass is 10.2. The first-order valence-corrected chi connectivity index (χ1v) is 9.23. The molecule has 1 heterocycles. The number of rotatable bonds is 5. The van der Waals surface area contributed by atoms with Crippen LogP contribution in [0.3, 0.4) is 0 Å². The highest BCUT2D eigenvalue weighted by molar-refractivity contribution is 6.30. The number of aromatic nitrogens is 2. The van der Waals surface area contributed by atoms with Crippen molar-refractivity contribution in [3.8, 4) is 5.69 Å². The molecule has 2 amide bonds. The largest absolute Gasteiger partial charge is 0.346 e. The molecular formula is C21H19ClN4O3. The number of halogens is 1. The van der Waals surface area contributed by atoms with Crippen molar-refractivity contribution in [3.63, 3.8) is 0 Å². The van der Waals surface area contributed by atoms with E-state index >= 15 is 0 Å². The summed E-state index contributed by atoms with van der Waals surface area (Å²) in [6, 6.07) is 15.3. The van der Waals surface area contributed by atoms with Gasteiger partial charge in [-0.15, -0.1) is 0 Å². The molecule has 3 rings (SSSR count). The van der Waals surface area contributed by atoms with E-state index in [1.807, 2.05) is 0 Å². The van der Waals surface area contributed by atoms with E-state index < -0.39 is 11.3 Å². The maximum absolute atomic E-state index is 12.5. The Hall–Kier alpha value is -3.45. The summed E-state index contributed by atoms with van der Waals surface area (Å²) in [7, 11) is 0. The Labute approximate surface area is 172 Å². The summed E-state index contributed by atoms with van der Waals surface area (Å²) in [6.07, 6.45) is 0. The standard InChI is InChI=1S/C21H19ClN4O3/c1-13-11-19(28)20(25-26(13)18-9-5-16(22)6-10-18)21(29)23-12-15-3-7-17(8-4-15)24-14(2)27/h3-11H,12H2,1-2H3,(H,23,29)(H,24,27). The molecule has 0 saturated heterocycles. The number of anilines is 1. The molecular weight excluding hydrogens is 392 g/mol. The van der Waals surface area contributed by atoms with Crippen molar-refractivity contribution in [1.29, 1.82) is 0 Å². The molecule has 148 valence electrons. The van der Waals surface area contributed by atoms with E-state index in [1.54, 1.807) is 55.5 Å². The van der Waals surface area contributed by atoms with Crippen LogP contribution in [-0.4, -0.2) is 21.6 Å². The molecule has 0 atom stereocenters. The van der Waals surface area contributed by atoms with Gasteiger partial charge in [-0.1, -0.05) is 23.7 Å². The molecule has 3 aromatic rings. The number of amides is 2. The van der Waals surface area contributed by atoms with Crippen LogP contribution in [0.2, 0.25) is 5.02 Å². The molecule has 2 aromatic carbocycles. The van der Waals surface area contributed by atoms with E-state index in [2.05, 4.69) is 15.7 Å². The molecule has 29 heavy (non-hydrogen) atoms. The summed E-state index contributed by atoms with van der Waals surface area (Å²) in [5.41, 5.74) is 2.12. The highest BCUT2D eigenvalue weighted by atomic mass is 35.5. The van der Waals surface area contributed by atoms with Gasteiger partial charge < -0.3 is 10.6 Å². The average molecular weight is 411 g/mol. The lowest BCUT2D eigenvalue weighted by Crippen LogP contribution is -2.31. The molecule has 2 N–H and O–H groups in total. The number of hydrogen-bond acceptors (Lipinski definition) is 4. The predicted molar refractivity (Wildman–Crippen MR) is 111 cm³/mol. The van der Waals surface area contributed by atoms with E-state index in [9.17, 15) is 14.4 Å². The second-order valence-electron chi connectivity index (χ2n) is 6.45. The van der Waals surface area contributed by atoms with Gasteiger partial charge in [0.1, 0.15) is 0 Å².